The van der Waals surface area contributed by atoms with Crippen molar-refractivity contribution in [2.45, 2.75) is 37.8 Å². The highest BCUT2D eigenvalue weighted by Crippen LogP contribution is 2.23. The molecule has 0 bridgehead atoms. The largest absolute Gasteiger partial charge is 0.482 e. The van der Waals surface area contributed by atoms with E-state index in [9.17, 15) is 9.90 Å². The van der Waals surface area contributed by atoms with E-state index < -0.39 is 6.10 Å². The fourth-order valence-corrected chi connectivity index (χ4v) is 2.42. The Morgan fingerprint density at radius 1 is 1.37 bits per heavy atom. The molecular formula is C14H18ClNO3. The van der Waals surface area contributed by atoms with Crippen LogP contribution in [-0.2, 0) is 4.79 Å². The molecule has 1 saturated carbocycles. The number of carbonyl (C=O) groups is 1. The lowest BCUT2D eigenvalue weighted by Gasteiger charge is -2.28. The summed E-state index contributed by atoms with van der Waals surface area (Å²) in [5.74, 6) is 0.259. The molecule has 2 atom stereocenters. The van der Waals surface area contributed by atoms with E-state index in [0.717, 1.165) is 25.7 Å². The number of rotatable bonds is 4. The summed E-state index contributed by atoms with van der Waals surface area (Å²) in [7, 11) is 0. The van der Waals surface area contributed by atoms with Gasteiger partial charge in [0.25, 0.3) is 5.91 Å². The highest BCUT2D eigenvalue weighted by Gasteiger charge is 2.24. The van der Waals surface area contributed by atoms with Crippen LogP contribution in [0.25, 0.3) is 0 Å². The topological polar surface area (TPSA) is 58.6 Å². The molecule has 1 aliphatic rings. The molecular weight excluding hydrogens is 266 g/mol. The van der Waals surface area contributed by atoms with Crippen molar-refractivity contribution in [1.29, 1.82) is 0 Å². The smallest absolute Gasteiger partial charge is 0.258 e. The highest BCUT2D eigenvalue weighted by molar-refractivity contribution is 6.32. The molecule has 19 heavy (non-hydrogen) atoms. The van der Waals surface area contributed by atoms with Gasteiger partial charge in [0.15, 0.2) is 6.61 Å². The second-order valence-corrected chi connectivity index (χ2v) is 5.15. The molecule has 0 aliphatic heterocycles. The summed E-state index contributed by atoms with van der Waals surface area (Å²) in [5, 5.41) is 13.1. The Morgan fingerprint density at radius 2 is 2.11 bits per heavy atom. The maximum atomic E-state index is 11.8. The van der Waals surface area contributed by atoms with Crippen molar-refractivity contribution in [3.05, 3.63) is 29.3 Å². The standard InChI is InChI=1S/C14H18ClNO3/c15-10-5-1-4-8-13(10)19-9-14(18)16-11-6-2-3-7-12(11)17/h1,4-5,8,11-12,17H,2-3,6-7,9H2,(H,16,18)/t11-,12-/m0/s1. The lowest BCUT2D eigenvalue weighted by atomic mass is 9.92. The zero-order chi connectivity index (χ0) is 13.7. The van der Waals surface area contributed by atoms with Crippen LogP contribution in [-0.4, -0.2) is 29.8 Å². The fraction of sp³-hybridized carbons (Fsp3) is 0.500. The minimum Gasteiger partial charge on any atom is -0.482 e. The van der Waals surface area contributed by atoms with Gasteiger partial charge in [0.1, 0.15) is 5.75 Å². The number of carbonyl (C=O) groups excluding carboxylic acids is 1. The molecule has 2 rings (SSSR count). The Kier molecular flexibility index (Phi) is 5.05. The van der Waals surface area contributed by atoms with Gasteiger partial charge >= 0.3 is 0 Å². The molecule has 0 spiro atoms. The van der Waals surface area contributed by atoms with Gasteiger partial charge in [0.2, 0.25) is 0 Å². The summed E-state index contributed by atoms with van der Waals surface area (Å²) < 4.78 is 5.35. The number of hydrogen-bond donors (Lipinski definition) is 2. The Balaban J connectivity index is 1.80. The zero-order valence-electron chi connectivity index (χ0n) is 10.6. The van der Waals surface area contributed by atoms with Gasteiger partial charge in [-0.05, 0) is 25.0 Å². The van der Waals surface area contributed by atoms with Crippen LogP contribution in [0.1, 0.15) is 25.7 Å². The normalized spacial score (nSPS) is 22.8. The van der Waals surface area contributed by atoms with Crippen LogP contribution in [0, 0.1) is 0 Å². The monoisotopic (exact) mass is 283 g/mol. The molecule has 0 unspecified atom stereocenters. The number of amides is 1. The van der Waals surface area contributed by atoms with Crippen LogP contribution in [0.2, 0.25) is 5.02 Å². The summed E-state index contributed by atoms with van der Waals surface area (Å²) in [6.45, 7) is -0.0903. The first-order valence-electron chi connectivity index (χ1n) is 6.51. The number of aliphatic hydroxyl groups is 1. The van der Waals surface area contributed by atoms with Crippen molar-refractivity contribution in [2.75, 3.05) is 6.61 Å². The lowest BCUT2D eigenvalue weighted by molar-refractivity contribution is -0.125. The van der Waals surface area contributed by atoms with Crippen molar-refractivity contribution in [2.24, 2.45) is 0 Å². The molecule has 1 aromatic carbocycles. The number of benzene rings is 1. The predicted octanol–water partition coefficient (Wildman–Crippen LogP) is 2.14. The van der Waals surface area contributed by atoms with Crippen molar-refractivity contribution in [1.82, 2.24) is 5.32 Å². The number of aliphatic hydroxyl groups excluding tert-OH is 1. The van der Waals surface area contributed by atoms with E-state index >= 15 is 0 Å². The lowest BCUT2D eigenvalue weighted by Crippen LogP contribution is -2.46. The van der Waals surface area contributed by atoms with Crippen LogP contribution in [0.4, 0.5) is 0 Å². The van der Waals surface area contributed by atoms with Crippen molar-refractivity contribution >= 4 is 17.5 Å². The minimum absolute atomic E-state index is 0.0903. The Morgan fingerprint density at radius 3 is 2.84 bits per heavy atom. The van der Waals surface area contributed by atoms with E-state index in [0.29, 0.717) is 10.8 Å². The molecule has 1 aromatic rings. The number of para-hydroxylation sites is 1. The van der Waals surface area contributed by atoms with E-state index in [1.807, 2.05) is 0 Å². The van der Waals surface area contributed by atoms with Crippen molar-refractivity contribution in [3.8, 4) is 5.75 Å². The Bertz CT molecular complexity index is 438. The van der Waals surface area contributed by atoms with E-state index in [4.69, 9.17) is 16.3 Å². The number of hydrogen-bond acceptors (Lipinski definition) is 3. The molecule has 1 amide bonds. The van der Waals surface area contributed by atoms with E-state index in [-0.39, 0.29) is 18.6 Å². The molecule has 5 heteroatoms. The average Bonchev–Trinajstić information content (AvgIpc) is 2.40. The van der Waals surface area contributed by atoms with Gasteiger partial charge in [-0.3, -0.25) is 4.79 Å². The second-order valence-electron chi connectivity index (χ2n) is 4.74. The van der Waals surface area contributed by atoms with Gasteiger partial charge in [0.05, 0.1) is 17.2 Å². The van der Waals surface area contributed by atoms with Crippen LogP contribution in [0.15, 0.2) is 24.3 Å². The van der Waals surface area contributed by atoms with Gasteiger partial charge in [-0.25, -0.2) is 0 Å². The van der Waals surface area contributed by atoms with E-state index in [1.54, 1.807) is 24.3 Å². The summed E-state index contributed by atoms with van der Waals surface area (Å²) >= 11 is 5.93. The van der Waals surface area contributed by atoms with Crippen molar-refractivity contribution in [3.63, 3.8) is 0 Å². The third kappa shape index (κ3) is 4.11. The first-order chi connectivity index (χ1) is 9.16. The first kappa shape index (κ1) is 14.2. The summed E-state index contributed by atoms with van der Waals surface area (Å²) in [4.78, 5) is 11.8. The second kappa shape index (κ2) is 6.78. The van der Waals surface area contributed by atoms with E-state index in [2.05, 4.69) is 5.32 Å². The Labute approximate surface area is 117 Å². The summed E-state index contributed by atoms with van der Waals surface area (Å²) in [5.41, 5.74) is 0. The fourth-order valence-electron chi connectivity index (χ4n) is 2.23. The molecule has 0 aromatic heterocycles. The molecule has 104 valence electrons. The van der Waals surface area contributed by atoms with Gasteiger partial charge in [0, 0.05) is 0 Å². The third-order valence-electron chi connectivity index (χ3n) is 3.27. The first-order valence-corrected chi connectivity index (χ1v) is 6.89. The SMILES string of the molecule is O=C(COc1ccccc1Cl)N[C@H]1CCCC[C@@H]1O. The van der Waals surface area contributed by atoms with Crippen LogP contribution in [0.5, 0.6) is 5.75 Å². The molecule has 0 heterocycles. The Hall–Kier alpha value is -1.26. The number of ether oxygens (including phenoxy) is 1. The molecule has 0 radical (unpaired) electrons. The van der Waals surface area contributed by atoms with Gasteiger partial charge < -0.3 is 15.2 Å². The quantitative estimate of drug-likeness (QED) is 0.890. The zero-order valence-corrected chi connectivity index (χ0v) is 11.4. The van der Waals surface area contributed by atoms with Gasteiger partial charge in [-0.1, -0.05) is 36.6 Å². The van der Waals surface area contributed by atoms with Crippen molar-refractivity contribution < 1.29 is 14.6 Å². The molecule has 4 nitrogen and oxygen atoms in total. The molecule has 2 N–H and O–H groups in total. The summed E-state index contributed by atoms with van der Waals surface area (Å²) in [6, 6.07) is 6.86. The summed E-state index contributed by atoms with van der Waals surface area (Å²) in [6.07, 6.45) is 3.17. The van der Waals surface area contributed by atoms with Gasteiger partial charge in [-0.15, -0.1) is 0 Å². The third-order valence-corrected chi connectivity index (χ3v) is 3.58. The van der Waals surface area contributed by atoms with Crippen LogP contribution >= 0.6 is 11.6 Å². The molecule has 1 fully saturated rings. The molecule has 1 aliphatic carbocycles. The van der Waals surface area contributed by atoms with Crippen LogP contribution < -0.4 is 10.1 Å². The van der Waals surface area contributed by atoms with Gasteiger partial charge in [-0.2, -0.15) is 0 Å². The minimum atomic E-state index is -0.446. The van der Waals surface area contributed by atoms with E-state index in [1.165, 1.54) is 0 Å². The predicted molar refractivity (Wildman–Crippen MR) is 73.4 cm³/mol. The maximum Gasteiger partial charge on any atom is 0.258 e. The maximum absolute atomic E-state index is 11.8. The average molecular weight is 284 g/mol. The molecule has 0 saturated heterocycles. The van der Waals surface area contributed by atoms with Crippen LogP contribution in [0.3, 0.4) is 0 Å². The number of nitrogens with one attached hydrogen (secondary N) is 1. The number of halogens is 1. The highest BCUT2D eigenvalue weighted by atomic mass is 35.5.